The molecule has 0 fully saturated rings. The molecule has 0 bridgehead atoms. The second-order valence-electron chi connectivity index (χ2n) is 5.22. The minimum Gasteiger partial charge on any atom is -0.497 e. The molecule has 1 amide bonds. The molecular formula is C18H18N2O3S2. The smallest absolute Gasteiger partial charge is 0.230 e. The van der Waals surface area contributed by atoms with Crippen LogP contribution in [0.2, 0.25) is 0 Å². The maximum atomic E-state index is 11.8. The average Bonchev–Trinajstić information content (AvgIpc) is 3.32. The second-order valence-corrected chi connectivity index (χ2v) is 7.07. The van der Waals surface area contributed by atoms with Gasteiger partial charge in [0.25, 0.3) is 0 Å². The third kappa shape index (κ3) is 5.11. The quantitative estimate of drug-likeness (QED) is 0.646. The summed E-state index contributed by atoms with van der Waals surface area (Å²) < 4.78 is 10.4. The molecule has 3 rings (SSSR count). The van der Waals surface area contributed by atoms with Gasteiger partial charge in [-0.2, -0.15) is 0 Å². The first kappa shape index (κ1) is 17.6. The number of carbonyl (C=O) groups excluding carboxylic acids is 1. The van der Waals surface area contributed by atoms with Crippen LogP contribution in [0.15, 0.2) is 52.5 Å². The molecule has 7 heteroatoms. The van der Waals surface area contributed by atoms with E-state index in [1.165, 1.54) is 0 Å². The molecular weight excluding hydrogens is 356 g/mol. The maximum absolute atomic E-state index is 11.8. The van der Waals surface area contributed by atoms with Crippen LogP contribution < -0.4 is 10.1 Å². The number of methoxy groups -OCH3 is 1. The van der Waals surface area contributed by atoms with Gasteiger partial charge in [-0.3, -0.25) is 4.79 Å². The fourth-order valence-electron chi connectivity index (χ4n) is 2.16. The predicted molar refractivity (Wildman–Crippen MR) is 101 cm³/mol. The molecule has 2 aromatic heterocycles. The highest BCUT2D eigenvalue weighted by molar-refractivity contribution is 7.99. The molecule has 5 nitrogen and oxygen atoms in total. The third-order valence-corrected chi connectivity index (χ3v) is 5.30. The second kappa shape index (κ2) is 8.73. The Balaban J connectivity index is 1.46. The summed E-state index contributed by atoms with van der Waals surface area (Å²) in [5.41, 5.74) is 2.02. The lowest BCUT2D eigenvalue weighted by Gasteiger charge is -2.02. The summed E-state index contributed by atoms with van der Waals surface area (Å²) >= 11 is 3.14. The Morgan fingerprint density at radius 1 is 1.36 bits per heavy atom. The summed E-state index contributed by atoms with van der Waals surface area (Å²) in [7, 11) is 1.65. The van der Waals surface area contributed by atoms with Crippen molar-refractivity contribution in [3.05, 3.63) is 59.5 Å². The van der Waals surface area contributed by atoms with E-state index in [9.17, 15) is 4.79 Å². The van der Waals surface area contributed by atoms with Crippen molar-refractivity contribution in [2.45, 2.75) is 12.3 Å². The zero-order chi connectivity index (χ0) is 17.5. The summed E-state index contributed by atoms with van der Waals surface area (Å²) in [6.07, 6.45) is 1.60. The molecule has 0 atom stereocenters. The molecule has 1 aromatic carbocycles. The number of amides is 1. The molecule has 0 saturated carbocycles. The molecule has 0 saturated heterocycles. The monoisotopic (exact) mass is 374 g/mol. The summed E-state index contributed by atoms with van der Waals surface area (Å²) in [4.78, 5) is 16.5. The van der Waals surface area contributed by atoms with Gasteiger partial charge in [0.15, 0.2) is 0 Å². The highest BCUT2D eigenvalue weighted by atomic mass is 32.2. The van der Waals surface area contributed by atoms with Gasteiger partial charge in [-0.05, 0) is 24.3 Å². The van der Waals surface area contributed by atoms with E-state index in [1.54, 1.807) is 42.5 Å². The summed E-state index contributed by atoms with van der Waals surface area (Å²) in [5.74, 6) is 2.66. The number of hydrogen-bond acceptors (Lipinski definition) is 6. The number of rotatable bonds is 8. The molecule has 3 aromatic rings. The van der Waals surface area contributed by atoms with Gasteiger partial charge in [0, 0.05) is 16.7 Å². The van der Waals surface area contributed by atoms with Crippen molar-refractivity contribution in [3.8, 4) is 16.3 Å². The number of benzene rings is 1. The highest BCUT2D eigenvalue weighted by Gasteiger charge is 2.08. The normalized spacial score (nSPS) is 10.6. The molecule has 0 aliphatic rings. The largest absolute Gasteiger partial charge is 0.497 e. The number of thiazole rings is 1. The Hall–Kier alpha value is -2.25. The highest BCUT2D eigenvalue weighted by Crippen LogP contribution is 2.28. The van der Waals surface area contributed by atoms with Crippen LogP contribution in [0.4, 0.5) is 0 Å². The lowest BCUT2D eigenvalue weighted by molar-refractivity contribution is -0.118. The SMILES string of the molecule is COc1cccc(-c2nc(CSCC(=O)NCc3ccco3)cs2)c1. The van der Waals surface area contributed by atoms with Crippen LogP contribution in [0.5, 0.6) is 5.75 Å². The molecule has 1 N–H and O–H groups in total. The van der Waals surface area contributed by atoms with E-state index in [1.807, 2.05) is 35.7 Å². The number of thioether (sulfide) groups is 1. The van der Waals surface area contributed by atoms with E-state index in [0.717, 1.165) is 27.8 Å². The van der Waals surface area contributed by atoms with Crippen LogP contribution in [-0.4, -0.2) is 23.8 Å². The van der Waals surface area contributed by atoms with E-state index < -0.39 is 0 Å². The Kier molecular flexibility index (Phi) is 6.14. The van der Waals surface area contributed by atoms with Gasteiger partial charge >= 0.3 is 0 Å². The van der Waals surface area contributed by atoms with Crippen LogP contribution >= 0.6 is 23.1 Å². The molecule has 0 aliphatic heterocycles. The van der Waals surface area contributed by atoms with Crippen LogP contribution in [0, 0.1) is 0 Å². The van der Waals surface area contributed by atoms with E-state index in [-0.39, 0.29) is 5.91 Å². The fraction of sp³-hybridized carbons (Fsp3) is 0.222. The first-order chi connectivity index (χ1) is 12.2. The number of furan rings is 1. The van der Waals surface area contributed by atoms with Crippen molar-refractivity contribution >= 4 is 29.0 Å². The van der Waals surface area contributed by atoms with E-state index in [2.05, 4.69) is 10.3 Å². The van der Waals surface area contributed by atoms with Gasteiger partial charge in [0.2, 0.25) is 5.91 Å². The van der Waals surface area contributed by atoms with Crippen molar-refractivity contribution in [1.29, 1.82) is 0 Å². The standard InChI is InChI=1S/C18H18N2O3S2/c1-22-15-5-2-4-13(8-15)18-20-14(11-25-18)10-24-12-17(21)19-9-16-6-3-7-23-16/h2-8,11H,9-10,12H2,1H3,(H,19,21). The number of aromatic nitrogens is 1. The maximum Gasteiger partial charge on any atom is 0.230 e. The zero-order valence-electron chi connectivity index (χ0n) is 13.7. The Morgan fingerprint density at radius 3 is 3.08 bits per heavy atom. The van der Waals surface area contributed by atoms with Crippen LogP contribution in [0.3, 0.4) is 0 Å². The first-order valence-electron chi connectivity index (χ1n) is 7.70. The summed E-state index contributed by atoms with van der Waals surface area (Å²) in [6.45, 7) is 0.420. The van der Waals surface area contributed by atoms with Crippen LogP contribution in [0.1, 0.15) is 11.5 Å². The van der Waals surface area contributed by atoms with Gasteiger partial charge in [0.1, 0.15) is 16.5 Å². The minimum absolute atomic E-state index is 0.00958. The topological polar surface area (TPSA) is 64.4 Å². The van der Waals surface area contributed by atoms with Gasteiger partial charge < -0.3 is 14.5 Å². The van der Waals surface area contributed by atoms with E-state index in [0.29, 0.717) is 18.1 Å². The third-order valence-electron chi connectivity index (χ3n) is 3.39. The Bertz CT molecular complexity index is 815. The zero-order valence-corrected chi connectivity index (χ0v) is 15.4. The van der Waals surface area contributed by atoms with Gasteiger partial charge in [-0.25, -0.2) is 4.98 Å². The Labute approximate surface area is 154 Å². The first-order valence-corrected chi connectivity index (χ1v) is 9.73. The summed E-state index contributed by atoms with van der Waals surface area (Å²) in [5, 5.41) is 5.82. The minimum atomic E-state index is -0.00958. The number of ether oxygens (including phenoxy) is 1. The molecule has 0 unspecified atom stereocenters. The van der Waals surface area contributed by atoms with Gasteiger partial charge in [0.05, 0.1) is 31.4 Å². The molecule has 25 heavy (non-hydrogen) atoms. The number of nitrogens with zero attached hydrogens (tertiary/aromatic N) is 1. The van der Waals surface area contributed by atoms with Crippen LogP contribution in [-0.2, 0) is 17.1 Å². The number of carbonyl (C=O) groups is 1. The number of hydrogen-bond donors (Lipinski definition) is 1. The van der Waals surface area contributed by atoms with E-state index >= 15 is 0 Å². The molecule has 2 heterocycles. The van der Waals surface area contributed by atoms with Crippen molar-refractivity contribution in [2.75, 3.05) is 12.9 Å². The lowest BCUT2D eigenvalue weighted by Crippen LogP contribution is -2.24. The summed E-state index contributed by atoms with van der Waals surface area (Å²) in [6, 6.07) is 11.5. The number of nitrogens with one attached hydrogen (secondary N) is 1. The van der Waals surface area contributed by atoms with Crippen molar-refractivity contribution in [2.24, 2.45) is 0 Å². The Morgan fingerprint density at radius 2 is 2.28 bits per heavy atom. The predicted octanol–water partition coefficient (Wildman–Crippen LogP) is 3.96. The molecule has 0 radical (unpaired) electrons. The van der Waals surface area contributed by atoms with Crippen molar-refractivity contribution in [3.63, 3.8) is 0 Å². The molecule has 0 aliphatic carbocycles. The fourth-order valence-corrected chi connectivity index (χ4v) is 3.83. The molecule has 130 valence electrons. The average molecular weight is 374 g/mol. The molecule has 0 spiro atoms. The van der Waals surface area contributed by atoms with Gasteiger partial charge in [-0.15, -0.1) is 23.1 Å². The van der Waals surface area contributed by atoms with Crippen LogP contribution in [0.25, 0.3) is 10.6 Å². The van der Waals surface area contributed by atoms with Crippen molar-refractivity contribution < 1.29 is 13.9 Å². The van der Waals surface area contributed by atoms with E-state index in [4.69, 9.17) is 9.15 Å². The van der Waals surface area contributed by atoms with Gasteiger partial charge in [-0.1, -0.05) is 12.1 Å². The van der Waals surface area contributed by atoms with Crippen molar-refractivity contribution in [1.82, 2.24) is 10.3 Å². The lowest BCUT2D eigenvalue weighted by atomic mass is 10.2.